The van der Waals surface area contributed by atoms with Crippen LogP contribution in [0.5, 0.6) is 0 Å². The van der Waals surface area contributed by atoms with Crippen molar-refractivity contribution in [3.8, 4) is 0 Å². The molecule has 3 atom stereocenters. The van der Waals surface area contributed by atoms with Gasteiger partial charge in [-0.1, -0.05) is 91.0 Å². The van der Waals surface area contributed by atoms with Gasteiger partial charge in [0.15, 0.2) is 0 Å². The van der Waals surface area contributed by atoms with Crippen LogP contribution in [-0.4, -0.2) is 52.1 Å². The standard InChI is InChI=1S/C27H29NO5/c29-25-24(33-19-23-14-8-3-9-15-23)17-28(26(30)31)27(25,16-21-10-4-1-5-11-21)20-32-18-22-12-6-2-7-13-22/h1-15,24-25,29H,16-20H2,(H,30,31)/t24-,25+,27-/m1/s1. The highest BCUT2D eigenvalue weighted by molar-refractivity contribution is 5.67. The summed E-state index contributed by atoms with van der Waals surface area (Å²) in [6.45, 7) is 0.746. The van der Waals surface area contributed by atoms with Gasteiger partial charge in [-0.15, -0.1) is 0 Å². The van der Waals surface area contributed by atoms with E-state index in [1.54, 1.807) is 0 Å². The molecule has 0 radical (unpaired) electrons. The van der Waals surface area contributed by atoms with Crippen molar-refractivity contribution in [3.63, 3.8) is 0 Å². The van der Waals surface area contributed by atoms with E-state index in [0.29, 0.717) is 19.6 Å². The van der Waals surface area contributed by atoms with Crippen LogP contribution in [0, 0.1) is 0 Å². The molecule has 1 aliphatic rings. The Hall–Kier alpha value is -3.19. The van der Waals surface area contributed by atoms with E-state index in [9.17, 15) is 15.0 Å². The minimum absolute atomic E-state index is 0.0510. The van der Waals surface area contributed by atoms with E-state index in [1.807, 2.05) is 91.0 Å². The third-order valence-electron chi connectivity index (χ3n) is 6.16. The molecule has 1 saturated heterocycles. The van der Waals surface area contributed by atoms with Crippen LogP contribution in [0.2, 0.25) is 0 Å². The second-order valence-corrected chi connectivity index (χ2v) is 8.42. The first-order chi connectivity index (χ1) is 16.1. The molecule has 3 aromatic rings. The second-order valence-electron chi connectivity index (χ2n) is 8.42. The molecule has 0 spiro atoms. The molecule has 0 aliphatic carbocycles. The number of nitrogens with zero attached hydrogens (tertiary/aromatic N) is 1. The molecule has 1 aliphatic heterocycles. The molecule has 3 aromatic carbocycles. The molecule has 1 amide bonds. The van der Waals surface area contributed by atoms with Crippen molar-refractivity contribution < 1.29 is 24.5 Å². The summed E-state index contributed by atoms with van der Waals surface area (Å²) in [5.41, 5.74) is 1.71. The van der Waals surface area contributed by atoms with E-state index in [1.165, 1.54) is 4.90 Å². The number of carboxylic acid groups (broad SMARTS) is 1. The highest BCUT2D eigenvalue weighted by Gasteiger charge is 2.56. The number of rotatable bonds is 9. The Morgan fingerprint density at radius 3 is 1.91 bits per heavy atom. The van der Waals surface area contributed by atoms with Crippen molar-refractivity contribution in [2.75, 3.05) is 13.2 Å². The van der Waals surface area contributed by atoms with Crippen molar-refractivity contribution in [2.45, 2.75) is 37.4 Å². The SMILES string of the molecule is O=C(O)N1C[C@@H](OCc2ccccc2)[C@H](O)[C@]1(COCc1ccccc1)Cc1ccccc1. The van der Waals surface area contributed by atoms with Crippen LogP contribution in [0.3, 0.4) is 0 Å². The second kappa shape index (κ2) is 10.6. The molecule has 0 unspecified atom stereocenters. The first kappa shape index (κ1) is 23.0. The Labute approximate surface area is 194 Å². The lowest BCUT2D eigenvalue weighted by atomic mass is 9.86. The summed E-state index contributed by atoms with van der Waals surface area (Å²) in [4.78, 5) is 13.6. The van der Waals surface area contributed by atoms with Crippen LogP contribution in [0.1, 0.15) is 16.7 Å². The number of benzene rings is 3. The van der Waals surface area contributed by atoms with Gasteiger partial charge >= 0.3 is 6.09 Å². The fourth-order valence-electron chi connectivity index (χ4n) is 4.44. The molecule has 1 fully saturated rings. The number of hydrogen-bond donors (Lipinski definition) is 2. The molecule has 0 saturated carbocycles. The zero-order valence-electron chi connectivity index (χ0n) is 18.4. The Morgan fingerprint density at radius 2 is 1.36 bits per heavy atom. The van der Waals surface area contributed by atoms with Gasteiger partial charge in [-0.05, 0) is 16.7 Å². The van der Waals surface area contributed by atoms with Crippen LogP contribution in [0.4, 0.5) is 4.79 Å². The van der Waals surface area contributed by atoms with Crippen LogP contribution in [0.15, 0.2) is 91.0 Å². The summed E-state index contributed by atoms with van der Waals surface area (Å²) in [5.74, 6) is 0. The molecule has 4 rings (SSSR count). The van der Waals surface area contributed by atoms with E-state index < -0.39 is 23.8 Å². The first-order valence-corrected chi connectivity index (χ1v) is 11.1. The molecule has 6 heteroatoms. The van der Waals surface area contributed by atoms with Crippen LogP contribution >= 0.6 is 0 Å². The lowest BCUT2D eigenvalue weighted by Gasteiger charge is -2.39. The average Bonchev–Trinajstić information content (AvgIpc) is 3.11. The Kier molecular flexibility index (Phi) is 7.40. The normalized spacial score (nSPS) is 22.4. The molecule has 6 nitrogen and oxygen atoms in total. The highest BCUT2D eigenvalue weighted by Crippen LogP contribution is 2.36. The fourth-order valence-corrected chi connectivity index (χ4v) is 4.44. The number of amides is 1. The number of hydrogen-bond acceptors (Lipinski definition) is 4. The van der Waals surface area contributed by atoms with Crippen molar-refractivity contribution in [1.82, 2.24) is 4.90 Å². The predicted molar refractivity (Wildman–Crippen MR) is 125 cm³/mol. The third kappa shape index (κ3) is 5.42. The van der Waals surface area contributed by atoms with Gasteiger partial charge in [-0.2, -0.15) is 0 Å². The van der Waals surface area contributed by atoms with Crippen LogP contribution < -0.4 is 0 Å². The van der Waals surface area contributed by atoms with Gasteiger partial charge in [0.25, 0.3) is 0 Å². The largest absolute Gasteiger partial charge is 0.465 e. The van der Waals surface area contributed by atoms with E-state index in [0.717, 1.165) is 16.7 Å². The molecular weight excluding hydrogens is 418 g/mol. The lowest BCUT2D eigenvalue weighted by Crippen LogP contribution is -2.58. The summed E-state index contributed by atoms with van der Waals surface area (Å²) < 4.78 is 12.0. The Morgan fingerprint density at radius 1 is 0.848 bits per heavy atom. The zero-order chi connectivity index (χ0) is 23.1. The van der Waals surface area contributed by atoms with Gasteiger partial charge in [0.05, 0.1) is 26.4 Å². The Balaban J connectivity index is 1.57. The minimum Gasteiger partial charge on any atom is -0.465 e. The zero-order valence-corrected chi connectivity index (χ0v) is 18.4. The van der Waals surface area contributed by atoms with Crippen LogP contribution in [-0.2, 0) is 29.1 Å². The molecular formula is C27H29NO5. The topological polar surface area (TPSA) is 79.2 Å². The molecule has 2 N–H and O–H groups in total. The summed E-state index contributed by atoms with van der Waals surface area (Å²) in [7, 11) is 0. The van der Waals surface area contributed by atoms with Gasteiger partial charge < -0.3 is 19.7 Å². The van der Waals surface area contributed by atoms with E-state index in [4.69, 9.17) is 9.47 Å². The van der Waals surface area contributed by atoms with Crippen molar-refractivity contribution in [1.29, 1.82) is 0 Å². The van der Waals surface area contributed by atoms with Gasteiger partial charge in [0, 0.05) is 6.42 Å². The maximum absolute atomic E-state index is 12.3. The van der Waals surface area contributed by atoms with Crippen molar-refractivity contribution >= 4 is 6.09 Å². The summed E-state index contributed by atoms with van der Waals surface area (Å²) in [6, 6.07) is 28.9. The first-order valence-electron chi connectivity index (χ1n) is 11.1. The average molecular weight is 448 g/mol. The van der Waals surface area contributed by atoms with Crippen molar-refractivity contribution in [3.05, 3.63) is 108 Å². The number of aliphatic hydroxyl groups excluding tert-OH is 1. The van der Waals surface area contributed by atoms with Crippen molar-refractivity contribution in [2.24, 2.45) is 0 Å². The quantitative estimate of drug-likeness (QED) is 0.516. The molecule has 0 bridgehead atoms. The third-order valence-corrected chi connectivity index (χ3v) is 6.16. The van der Waals surface area contributed by atoms with Gasteiger partial charge in [0.1, 0.15) is 17.7 Å². The maximum Gasteiger partial charge on any atom is 0.408 e. The maximum atomic E-state index is 12.3. The fraction of sp³-hybridized carbons (Fsp3) is 0.296. The van der Waals surface area contributed by atoms with E-state index in [-0.39, 0.29) is 13.2 Å². The molecule has 33 heavy (non-hydrogen) atoms. The molecule has 0 aromatic heterocycles. The van der Waals surface area contributed by atoms with E-state index >= 15 is 0 Å². The lowest BCUT2D eigenvalue weighted by molar-refractivity contribution is -0.0742. The molecule has 1 heterocycles. The van der Waals surface area contributed by atoms with E-state index in [2.05, 4.69) is 0 Å². The summed E-state index contributed by atoms with van der Waals surface area (Å²) in [6.07, 6.45) is -2.49. The van der Waals surface area contributed by atoms with Gasteiger partial charge in [-0.25, -0.2) is 4.79 Å². The Bertz CT molecular complexity index is 1010. The number of likely N-dealkylation sites (tertiary alicyclic amines) is 1. The van der Waals surface area contributed by atoms with Crippen LogP contribution in [0.25, 0.3) is 0 Å². The number of ether oxygens (including phenoxy) is 2. The number of carbonyl (C=O) groups is 1. The summed E-state index contributed by atoms with van der Waals surface area (Å²) >= 11 is 0. The predicted octanol–water partition coefficient (Wildman–Crippen LogP) is 4.12. The monoisotopic (exact) mass is 447 g/mol. The van der Waals surface area contributed by atoms with Gasteiger partial charge in [-0.3, -0.25) is 4.90 Å². The smallest absolute Gasteiger partial charge is 0.408 e. The van der Waals surface area contributed by atoms with Gasteiger partial charge in [0.2, 0.25) is 0 Å². The molecule has 172 valence electrons. The number of aliphatic hydroxyl groups is 1. The summed E-state index contributed by atoms with van der Waals surface area (Å²) in [5, 5.41) is 21.5. The minimum atomic E-state index is -1.16. The highest BCUT2D eigenvalue weighted by atomic mass is 16.5.